The molecule has 0 radical (unpaired) electrons. The number of carbonyl (C=O) groups excluding carboxylic acids is 3. The number of fused-ring (bicyclic) bond motifs is 1. The van der Waals surface area contributed by atoms with Crippen LogP contribution in [0.1, 0.15) is 6.42 Å². The molecule has 9 heteroatoms. The Morgan fingerprint density at radius 1 is 1.29 bits per heavy atom. The first-order valence-corrected chi connectivity index (χ1v) is 7.65. The second kappa shape index (κ2) is 7.07. The van der Waals surface area contributed by atoms with Crippen LogP contribution in [0.4, 0.5) is 21.0 Å². The van der Waals surface area contributed by atoms with Gasteiger partial charge in [0.25, 0.3) is 5.91 Å². The normalized spacial score (nSPS) is 16.4. The van der Waals surface area contributed by atoms with Crippen molar-refractivity contribution in [3.05, 3.63) is 18.2 Å². The number of urea groups is 1. The van der Waals surface area contributed by atoms with Crippen molar-refractivity contribution in [2.45, 2.75) is 6.42 Å². The second-order valence-electron chi connectivity index (χ2n) is 5.38. The summed E-state index contributed by atoms with van der Waals surface area (Å²) < 4.78 is 10.2. The fraction of sp³-hybridized carbons (Fsp3) is 0.400. The van der Waals surface area contributed by atoms with E-state index in [1.54, 1.807) is 23.1 Å². The van der Waals surface area contributed by atoms with Crippen molar-refractivity contribution in [3.63, 3.8) is 0 Å². The summed E-state index contributed by atoms with van der Waals surface area (Å²) in [6.45, 7) is 1.75. The van der Waals surface area contributed by atoms with Gasteiger partial charge >= 0.3 is 12.1 Å². The van der Waals surface area contributed by atoms with Gasteiger partial charge in [-0.1, -0.05) is 0 Å². The van der Waals surface area contributed by atoms with Crippen LogP contribution in [-0.2, 0) is 9.53 Å². The minimum atomic E-state index is -0.389. The maximum Gasteiger partial charge on any atom is 0.409 e. The molecular weight excluding hydrogens is 316 g/mol. The number of hydrogen-bond donors (Lipinski definition) is 3. The molecule has 24 heavy (non-hydrogen) atoms. The second-order valence-corrected chi connectivity index (χ2v) is 5.38. The summed E-state index contributed by atoms with van der Waals surface area (Å²) in [6.07, 6.45) is 0.446. The molecule has 0 bridgehead atoms. The molecule has 0 aromatic heterocycles. The summed E-state index contributed by atoms with van der Waals surface area (Å²) in [7, 11) is 0. The first-order chi connectivity index (χ1) is 11.6. The molecule has 9 nitrogen and oxygen atoms in total. The molecule has 0 saturated carbocycles. The molecule has 2 aliphatic rings. The highest BCUT2D eigenvalue weighted by Gasteiger charge is 2.19. The highest BCUT2D eigenvalue weighted by molar-refractivity contribution is 5.96. The highest BCUT2D eigenvalue weighted by Crippen LogP contribution is 2.30. The van der Waals surface area contributed by atoms with Crippen LogP contribution in [0.25, 0.3) is 0 Å². The van der Waals surface area contributed by atoms with Crippen molar-refractivity contribution in [1.29, 1.82) is 0 Å². The van der Waals surface area contributed by atoms with Crippen LogP contribution in [-0.4, -0.2) is 55.8 Å². The van der Waals surface area contributed by atoms with Gasteiger partial charge in [-0.15, -0.1) is 0 Å². The standard InChI is InChI=1S/C15H18N4O5/c20-13-9-24-12-8-10(2-3-11(12)18-13)17-14(21)16-4-6-19-5-1-7-23-15(19)22/h2-3,8H,1,4-7,9H2,(H,18,20)(H2,16,17,21). The number of nitrogens with one attached hydrogen (secondary N) is 3. The number of hydrogen-bond acceptors (Lipinski definition) is 5. The largest absolute Gasteiger partial charge is 0.482 e. The number of anilines is 2. The van der Waals surface area contributed by atoms with Gasteiger partial charge in [0.1, 0.15) is 5.75 Å². The molecule has 4 amide bonds. The molecule has 3 N–H and O–H groups in total. The van der Waals surface area contributed by atoms with Crippen LogP contribution in [0.3, 0.4) is 0 Å². The lowest BCUT2D eigenvalue weighted by atomic mass is 10.2. The van der Waals surface area contributed by atoms with Crippen LogP contribution < -0.4 is 20.7 Å². The lowest BCUT2D eigenvalue weighted by Crippen LogP contribution is -2.43. The Morgan fingerprint density at radius 3 is 3.00 bits per heavy atom. The molecule has 2 heterocycles. The summed E-state index contributed by atoms with van der Waals surface area (Å²) in [6, 6.07) is 4.57. The number of ether oxygens (including phenoxy) is 2. The SMILES string of the molecule is O=C1COc2cc(NC(=O)NCCN3CCCOC3=O)ccc2N1. The van der Waals surface area contributed by atoms with Gasteiger partial charge in [-0.05, 0) is 18.6 Å². The lowest BCUT2D eigenvalue weighted by molar-refractivity contribution is -0.118. The number of carbonyl (C=O) groups is 3. The lowest BCUT2D eigenvalue weighted by Gasteiger charge is -2.26. The first-order valence-electron chi connectivity index (χ1n) is 7.65. The smallest absolute Gasteiger partial charge is 0.409 e. The quantitative estimate of drug-likeness (QED) is 0.760. The van der Waals surface area contributed by atoms with Crippen LogP contribution in [0.5, 0.6) is 5.75 Å². The number of cyclic esters (lactones) is 1. The van der Waals surface area contributed by atoms with Crippen molar-refractivity contribution in [1.82, 2.24) is 10.2 Å². The predicted molar refractivity (Wildman–Crippen MR) is 85.1 cm³/mol. The van der Waals surface area contributed by atoms with Crippen molar-refractivity contribution >= 4 is 29.4 Å². The molecule has 0 unspecified atom stereocenters. The van der Waals surface area contributed by atoms with E-state index in [4.69, 9.17) is 9.47 Å². The van der Waals surface area contributed by atoms with Crippen molar-refractivity contribution in [2.75, 3.05) is 43.5 Å². The number of rotatable bonds is 4. The zero-order chi connectivity index (χ0) is 16.9. The highest BCUT2D eigenvalue weighted by atomic mass is 16.6. The molecule has 2 aliphatic heterocycles. The van der Waals surface area contributed by atoms with E-state index in [-0.39, 0.29) is 24.6 Å². The van der Waals surface area contributed by atoms with E-state index in [9.17, 15) is 14.4 Å². The Hall–Kier alpha value is -2.97. The van der Waals surface area contributed by atoms with E-state index >= 15 is 0 Å². The summed E-state index contributed by atoms with van der Waals surface area (Å²) in [5.41, 5.74) is 1.11. The van der Waals surface area contributed by atoms with Gasteiger partial charge < -0.3 is 30.3 Å². The average molecular weight is 334 g/mol. The van der Waals surface area contributed by atoms with E-state index < -0.39 is 0 Å². The maximum absolute atomic E-state index is 11.9. The Bertz CT molecular complexity index is 663. The molecule has 0 atom stereocenters. The van der Waals surface area contributed by atoms with Crippen LogP contribution in [0.2, 0.25) is 0 Å². The fourth-order valence-corrected chi connectivity index (χ4v) is 2.43. The third-order valence-corrected chi connectivity index (χ3v) is 3.60. The average Bonchev–Trinajstić information content (AvgIpc) is 2.57. The minimum absolute atomic E-state index is 0.0470. The van der Waals surface area contributed by atoms with E-state index in [0.717, 1.165) is 6.42 Å². The summed E-state index contributed by atoms with van der Waals surface area (Å²) in [4.78, 5) is 36.1. The molecule has 1 aromatic rings. The van der Waals surface area contributed by atoms with E-state index in [2.05, 4.69) is 16.0 Å². The first kappa shape index (κ1) is 15.9. The molecule has 0 aliphatic carbocycles. The van der Waals surface area contributed by atoms with Crippen molar-refractivity contribution in [3.8, 4) is 5.75 Å². The van der Waals surface area contributed by atoms with Gasteiger partial charge in [-0.25, -0.2) is 9.59 Å². The number of amides is 4. The number of benzene rings is 1. The zero-order valence-corrected chi connectivity index (χ0v) is 13.0. The Kier molecular flexibility index (Phi) is 4.69. The van der Waals surface area contributed by atoms with E-state index in [0.29, 0.717) is 43.4 Å². The van der Waals surface area contributed by atoms with E-state index in [1.165, 1.54) is 0 Å². The summed E-state index contributed by atoms with van der Waals surface area (Å²) >= 11 is 0. The van der Waals surface area contributed by atoms with Crippen molar-refractivity contribution < 1.29 is 23.9 Å². The molecule has 0 spiro atoms. The summed E-state index contributed by atoms with van der Waals surface area (Å²) in [5, 5.41) is 8.02. The third kappa shape index (κ3) is 3.86. The van der Waals surface area contributed by atoms with Crippen LogP contribution >= 0.6 is 0 Å². The predicted octanol–water partition coefficient (Wildman–Crippen LogP) is 0.981. The van der Waals surface area contributed by atoms with Gasteiger partial charge in [0, 0.05) is 31.4 Å². The molecule has 128 valence electrons. The topological polar surface area (TPSA) is 109 Å². The Morgan fingerprint density at radius 2 is 2.17 bits per heavy atom. The Labute approximate surface area is 138 Å². The monoisotopic (exact) mass is 334 g/mol. The molecule has 3 rings (SSSR count). The van der Waals surface area contributed by atoms with Gasteiger partial charge in [-0.3, -0.25) is 4.79 Å². The van der Waals surface area contributed by atoms with Crippen molar-refractivity contribution in [2.24, 2.45) is 0 Å². The van der Waals surface area contributed by atoms with Crippen LogP contribution in [0, 0.1) is 0 Å². The zero-order valence-electron chi connectivity index (χ0n) is 13.0. The maximum atomic E-state index is 11.9. The van der Waals surface area contributed by atoms with E-state index in [1.807, 2.05) is 0 Å². The van der Waals surface area contributed by atoms with Gasteiger partial charge in [0.2, 0.25) is 0 Å². The Balaban J connectivity index is 1.46. The molecule has 1 fully saturated rings. The molecular formula is C15H18N4O5. The molecule has 1 aromatic carbocycles. The fourth-order valence-electron chi connectivity index (χ4n) is 2.43. The number of nitrogens with zero attached hydrogens (tertiary/aromatic N) is 1. The third-order valence-electron chi connectivity index (χ3n) is 3.60. The van der Waals surface area contributed by atoms with Gasteiger partial charge in [0.15, 0.2) is 6.61 Å². The summed E-state index contributed by atoms with van der Waals surface area (Å²) in [5.74, 6) is 0.292. The van der Waals surface area contributed by atoms with Gasteiger partial charge in [-0.2, -0.15) is 0 Å². The van der Waals surface area contributed by atoms with Crippen LogP contribution in [0.15, 0.2) is 18.2 Å². The molecule has 1 saturated heterocycles. The van der Waals surface area contributed by atoms with Gasteiger partial charge in [0.05, 0.1) is 12.3 Å². The minimum Gasteiger partial charge on any atom is -0.482 e.